The number of ether oxygens (including phenoxy) is 2. The van der Waals surface area contributed by atoms with Crippen LogP contribution in [0.2, 0.25) is 0 Å². The third kappa shape index (κ3) is 5.50. The molecule has 0 aliphatic carbocycles. The summed E-state index contributed by atoms with van der Waals surface area (Å²) in [5.41, 5.74) is 3.94. The van der Waals surface area contributed by atoms with E-state index in [0.717, 1.165) is 22.3 Å². The zero-order valence-electron chi connectivity index (χ0n) is 20.5. The molecule has 0 saturated carbocycles. The highest BCUT2D eigenvalue weighted by Gasteiger charge is 2.34. The Morgan fingerprint density at radius 2 is 1.56 bits per heavy atom. The quantitative estimate of drug-likeness (QED) is 0.316. The van der Waals surface area contributed by atoms with Crippen LogP contribution in [0.1, 0.15) is 52.4 Å². The first-order valence-electron chi connectivity index (χ1n) is 11.5. The molecule has 1 saturated heterocycles. The number of rotatable bonds is 8. The molecule has 1 heterocycles. The normalized spacial score (nSPS) is 15.2. The summed E-state index contributed by atoms with van der Waals surface area (Å²) in [6.07, 6.45) is 0.823. The van der Waals surface area contributed by atoms with Crippen LogP contribution >= 0.6 is 0 Å². The Balaban J connectivity index is 1.54. The van der Waals surface area contributed by atoms with Gasteiger partial charge in [0, 0.05) is 13.1 Å². The van der Waals surface area contributed by atoms with Gasteiger partial charge in [-0.3, -0.25) is 9.59 Å². The van der Waals surface area contributed by atoms with Gasteiger partial charge in [0.25, 0.3) is 0 Å². The first-order valence-corrected chi connectivity index (χ1v) is 12.9. The van der Waals surface area contributed by atoms with Crippen molar-refractivity contribution in [2.45, 2.75) is 52.4 Å². The number of benzene rings is 2. The number of Topliss-reactive ketones (excluding diaryl/α,β-unsaturated/α-hetero) is 1. The molecule has 0 bridgehead atoms. The van der Waals surface area contributed by atoms with E-state index in [1.54, 1.807) is 24.3 Å². The molecule has 2 aromatic carbocycles. The van der Waals surface area contributed by atoms with Crippen LogP contribution in [0.3, 0.4) is 0 Å². The highest BCUT2D eigenvalue weighted by molar-refractivity contribution is 7.89. The van der Waals surface area contributed by atoms with Gasteiger partial charge in [-0.15, -0.1) is 0 Å². The van der Waals surface area contributed by atoms with Crippen LogP contribution in [0.25, 0.3) is 0 Å². The van der Waals surface area contributed by atoms with E-state index in [1.807, 2.05) is 33.8 Å². The van der Waals surface area contributed by atoms with E-state index in [9.17, 15) is 18.0 Å². The van der Waals surface area contributed by atoms with E-state index in [1.165, 1.54) is 11.2 Å². The molecule has 8 heteroatoms. The van der Waals surface area contributed by atoms with Gasteiger partial charge in [-0.2, -0.15) is 4.31 Å². The van der Waals surface area contributed by atoms with Crippen molar-refractivity contribution >= 4 is 21.8 Å². The summed E-state index contributed by atoms with van der Waals surface area (Å²) in [6, 6.07) is 8.93. The van der Waals surface area contributed by atoms with Gasteiger partial charge in [0.2, 0.25) is 10.0 Å². The Kier molecular flexibility index (Phi) is 8.15. The third-order valence-corrected chi connectivity index (χ3v) is 8.71. The molecule has 3 rings (SSSR count). The van der Waals surface area contributed by atoms with Gasteiger partial charge in [0.1, 0.15) is 19.0 Å². The van der Waals surface area contributed by atoms with Crippen LogP contribution in [0.15, 0.2) is 35.2 Å². The standard InChI is InChI=1S/C26H33NO6S/c1-17-16-18(2)20(4)25(19(17)3)34(30,31)27-12-10-22(11-13-27)26(29)33-15-14-32-24-9-7-6-8-23(24)21(5)28/h6-9,16,22H,10-15H2,1-5H3. The SMILES string of the molecule is CC(=O)c1ccccc1OCCOC(=O)C1CCN(S(=O)(=O)c2c(C)c(C)cc(C)c2C)CC1. The molecular weight excluding hydrogens is 454 g/mol. The molecule has 1 aliphatic rings. The van der Waals surface area contributed by atoms with Crippen molar-refractivity contribution in [2.24, 2.45) is 5.92 Å². The molecule has 7 nitrogen and oxygen atoms in total. The lowest BCUT2D eigenvalue weighted by Crippen LogP contribution is -2.41. The fraction of sp³-hybridized carbons (Fsp3) is 0.462. The number of ketones is 1. The lowest BCUT2D eigenvalue weighted by molar-refractivity contribution is -0.150. The summed E-state index contributed by atoms with van der Waals surface area (Å²) in [5, 5.41) is 0. The number of carbonyl (C=O) groups excluding carboxylic acids is 2. The Morgan fingerprint density at radius 3 is 2.15 bits per heavy atom. The molecule has 184 valence electrons. The maximum atomic E-state index is 13.4. The van der Waals surface area contributed by atoms with Crippen LogP contribution in [0.4, 0.5) is 0 Å². The molecule has 1 aliphatic heterocycles. The van der Waals surface area contributed by atoms with Gasteiger partial charge in [-0.05, 0) is 81.8 Å². The monoisotopic (exact) mass is 487 g/mol. The van der Waals surface area contributed by atoms with Crippen LogP contribution < -0.4 is 4.74 Å². The fourth-order valence-electron chi connectivity index (χ4n) is 4.32. The number of hydrogen-bond donors (Lipinski definition) is 0. The zero-order chi connectivity index (χ0) is 25.0. The maximum Gasteiger partial charge on any atom is 0.309 e. The number of carbonyl (C=O) groups is 2. The minimum atomic E-state index is -3.65. The number of esters is 1. The average Bonchev–Trinajstić information content (AvgIpc) is 2.80. The fourth-order valence-corrected chi connectivity index (χ4v) is 6.37. The summed E-state index contributed by atoms with van der Waals surface area (Å²) < 4.78 is 39.2. The van der Waals surface area contributed by atoms with Gasteiger partial charge >= 0.3 is 5.97 Å². The van der Waals surface area contributed by atoms with Gasteiger partial charge < -0.3 is 9.47 Å². The van der Waals surface area contributed by atoms with Crippen molar-refractivity contribution in [3.05, 3.63) is 58.1 Å². The number of piperidine rings is 1. The lowest BCUT2D eigenvalue weighted by atomic mass is 9.98. The van der Waals surface area contributed by atoms with Gasteiger partial charge in [0.15, 0.2) is 5.78 Å². The zero-order valence-corrected chi connectivity index (χ0v) is 21.3. The molecule has 0 unspecified atom stereocenters. The van der Waals surface area contributed by atoms with Crippen LogP contribution in [0.5, 0.6) is 5.75 Å². The molecule has 0 aromatic heterocycles. The van der Waals surface area contributed by atoms with Crippen molar-refractivity contribution in [3.8, 4) is 5.75 Å². The maximum absolute atomic E-state index is 13.4. The van der Waals surface area contributed by atoms with E-state index in [-0.39, 0.29) is 44.0 Å². The molecule has 0 N–H and O–H groups in total. The molecule has 0 amide bonds. The number of sulfonamides is 1. The Morgan fingerprint density at radius 1 is 0.971 bits per heavy atom. The van der Waals surface area contributed by atoms with Crippen molar-refractivity contribution in [2.75, 3.05) is 26.3 Å². The summed E-state index contributed by atoms with van der Waals surface area (Å²) in [4.78, 5) is 24.6. The molecule has 0 spiro atoms. The molecule has 1 fully saturated rings. The first kappa shape index (κ1) is 25.9. The number of para-hydroxylation sites is 1. The van der Waals surface area contributed by atoms with E-state index in [0.29, 0.717) is 29.1 Å². The van der Waals surface area contributed by atoms with E-state index < -0.39 is 10.0 Å². The van der Waals surface area contributed by atoms with Crippen molar-refractivity contribution in [1.82, 2.24) is 4.31 Å². The largest absolute Gasteiger partial charge is 0.489 e. The predicted molar refractivity (Wildman–Crippen MR) is 130 cm³/mol. The number of hydrogen-bond acceptors (Lipinski definition) is 6. The highest BCUT2D eigenvalue weighted by Crippen LogP contribution is 2.31. The Bertz CT molecular complexity index is 1150. The molecule has 0 radical (unpaired) electrons. The third-order valence-electron chi connectivity index (χ3n) is 6.53. The van der Waals surface area contributed by atoms with E-state index in [4.69, 9.17) is 9.47 Å². The Hall–Kier alpha value is -2.71. The van der Waals surface area contributed by atoms with Gasteiger partial charge in [-0.1, -0.05) is 18.2 Å². The minimum Gasteiger partial charge on any atom is -0.489 e. The highest BCUT2D eigenvalue weighted by atomic mass is 32.2. The average molecular weight is 488 g/mol. The van der Waals surface area contributed by atoms with Crippen molar-refractivity contribution in [1.29, 1.82) is 0 Å². The summed E-state index contributed by atoms with van der Waals surface area (Å²) >= 11 is 0. The summed E-state index contributed by atoms with van der Waals surface area (Å²) in [5.74, 6) is -0.335. The topological polar surface area (TPSA) is 90.0 Å². The first-order chi connectivity index (χ1) is 16.0. The second kappa shape index (κ2) is 10.7. The van der Waals surface area contributed by atoms with Crippen LogP contribution in [0, 0.1) is 33.6 Å². The smallest absolute Gasteiger partial charge is 0.309 e. The molecule has 34 heavy (non-hydrogen) atoms. The molecular formula is C26H33NO6S. The molecule has 0 atom stereocenters. The van der Waals surface area contributed by atoms with E-state index in [2.05, 4.69) is 0 Å². The van der Waals surface area contributed by atoms with Crippen LogP contribution in [-0.4, -0.2) is 50.8 Å². The van der Waals surface area contributed by atoms with Crippen LogP contribution in [-0.2, 0) is 19.6 Å². The van der Waals surface area contributed by atoms with Gasteiger partial charge in [-0.25, -0.2) is 8.42 Å². The summed E-state index contributed by atoms with van der Waals surface area (Å²) in [7, 11) is -3.65. The minimum absolute atomic E-state index is 0.0601. The number of aryl methyl sites for hydroxylation is 2. The van der Waals surface area contributed by atoms with E-state index >= 15 is 0 Å². The molecule has 2 aromatic rings. The summed E-state index contributed by atoms with van der Waals surface area (Å²) in [6.45, 7) is 9.74. The predicted octanol–water partition coefficient (Wildman–Crippen LogP) is 4.15. The second-order valence-electron chi connectivity index (χ2n) is 8.84. The Labute approximate surface area is 202 Å². The second-order valence-corrected chi connectivity index (χ2v) is 10.7. The lowest BCUT2D eigenvalue weighted by Gasteiger charge is -2.31. The number of nitrogens with zero attached hydrogens (tertiary/aromatic N) is 1. The van der Waals surface area contributed by atoms with Gasteiger partial charge in [0.05, 0.1) is 16.4 Å². The van der Waals surface area contributed by atoms with Crippen molar-refractivity contribution < 1.29 is 27.5 Å². The van der Waals surface area contributed by atoms with Crippen molar-refractivity contribution in [3.63, 3.8) is 0 Å².